The minimum Gasteiger partial charge on any atom is -0.369 e. The average Bonchev–Trinajstić information content (AvgIpc) is 3.11. The predicted octanol–water partition coefficient (Wildman–Crippen LogP) is 3.96. The van der Waals surface area contributed by atoms with E-state index >= 15 is 0 Å². The van der Waals surface area contributed by atoms with Crippen molar-refractivity contribution in [3.05, 3.63) is 29.8 Å². The highest BCUT2D eigenvalue weighted by Crippen LogP contribution is 2.67. The molecule has 6 nitrogen and oxygen atoms in total. The van der Waals surface area contributed by atoms with E-state index in [0.29, 0.717) is 30.1 Å². The largest absolute Gasteiger partial charge is 0.369 e. The first-order chi connectivity index (χ1) is 15.6. The minimum atomic E-state index is -0.697. The topological polar surface area (TPSA) is 101 Å². The predicted molar refractivity (Wildman–Crippen MR) is 127 cm³/mol. The minimum absolute atomic E-state index is 0.0458. The Bertz CT molecular complexity index is 975. The monoisotopic (exact) mass is 451 g/mol. The standard InChI is InChI=1S/C27H37N3O3/c1-15(31)29-17-6-4-16(5-7-17)20-9-10-21-18-8-11-23-27(3,22(18)12-13-26(20,21)2)14-19(24(28)32)25(33)30-23/h4-7,18-23H,8-14H2,1-3H3,(H2,28,32)(H,29,31)(H,30,33)/t18-,19?,20?,21-,22+,23?,26+,27+/m0/s1. The molecule has 8 atom stereocenters. The number of anilines is 1. The second-order valence-corrected chi connectivity index (χ2v) is 11.7. The summed E-state index contributed by atoms with van der Waals surface area (Å²) < 4.78 is 0. The van der Waals surface area contributed by atoms with Crippen LogP contribution >= 0.6 is 0 Å². The zero-order chi connectivity index (χ0) is 23.5. The number of benzene rings is 1. The lowest BCUT2D eigenvalue weighted by molar-refractivity contribution is -0.149. The van der Waals surface area contributed by atoms with Gasteiger partial charge in [-0.3, -0.25) is 14.4 Å². The van der Waals surface area contributed by atoms with Crippen LogP contribution in [0.3, 0.4) is 0 Å². The number of nitrogens with one attached hydrogen (secondary N) is 2. The van der Waals surface area contributed by atoms with Gasteiger partial charge < -0.3 is 16.4 Å². The Morgan fingerprint density at radius 2 is 1.70 bits per heavy atom. The average molecular weight is 452 g/mol. The molecule has 1 heterocycles. The van der Waals surface area contributed by atoms with Gasteiger partial charge in [-0.15, -0.1) is 0 Å². The number of nitrogens with two attached hydrogens (primary N) is 1. The third-order valence-electron chi connectivity index (χ3n) is 10.1. The normalized spacial score (nSPS) is 41.8. The van der Waals surface area contributed by atoms with Crippen LogP contribution in [0.15, 0.2) is 24.3 Å². The van der Waals surface area contributed by atoms with Gasteiger partial charge in [0, 0.05) is 18.7 Å². The number of carbonyl (C=O) groups excluding carboxylic acids is 3. The van der Waals surface area contributed by atoms with Crippen LogP contribution in [0.5, 0.6) is 0 Å². The molecule has 3 amide bonds. The molecule has 5 rings (SSSR count). The molecule has 33 heavy (non-hydrogen) atoms. The van der Waals surface area contributed by atoms with Crippen LogP contribution in [0.25, 0.3) is 0 Å². The van der Waals surface area contributed by atoms with E-state index in [1.54, 1.807) is 0 Å². The first-order valence-electron chi connectivity index (χ1n) is 12.6. The number of hydrogen-bond donors (Lipinski definition) is 3. The SMILES string of the molecule is CC(=O)Nc1ccc(C2CC[C@H]3[C@@H]4CCC5NC(=O)C(C(N)=O)C[C@]5(C)[C@@H]4CC[C@]23C)cc1. The second kappa shape index (κ2) is 7.85. The molecule has 1 saturated heterocycles. The van der Waals surface area contributed by atoms with Crippen LogP contribution in [0.1, 0.15) is 77.2 Å². The quantitative estimate of drug-likeness (QED) is 0.606. The molecule has 0 bridgehead atoms. The summed E-state index contributed by atoms with van der Waals surface area (Å²) in [5.41, 5.74) is 8.05. The Morgan fingerprint density at radius 3 is 2.36 bits per heavy atom. The number of rotatable bonds is 3. The molecule has 178 valence electrons. The molecule has 3 saturated carbocycles. The molecular formula is C27H37N3O3. The Kier molecular flexibility index (Phi) is 5.33. The third kappa shape index (κ3) is 3.48. The molecule has 6 heteroatoms. The first kappa shape index (κ1) is 22.4. The van der Waals surface area contributed by atoms with Crippen molar-refractivity contribution in [2.45, 2.75) is 77.7 Å². The molecule has 4 fully saturated rings. The maximum atomic E-state index is 12.5. The van der Waals surface area contributed by atoms with Crippen LogP contribution in [0, 0.1) is 34.5 Å². The van der Waals surface area contributed by atoms with Gasteiger partial charge in [0.15, 0.2) is 0 Å². The smallest absolute Gasteiger partial charge is 0.232 e. The Morgan fingerprint density at radius 1 is 1.00 bits per heavy atom. The molecule has 0 spiro atoms. The van der Waals surface area contributed by atoms with Crippen LogP contribution in [-0.4, -0.2) is 23.8 Å². The van der Waals surface area contributed by atoms with Crippen molar-refractivity contribution >= 4 is 23.4 Å². The zero-order valence-corrected chi connectivity index (χ0v) is 20.0. The van der Waals surface area contributed by atoms with Crippen molar-refractivity contribution in [3.8, 4) is 0 Å². The molecule has 3 unspecified atom stereocenters. The summed E-state index contributed by atoms with van der Waals surface area (Å²) in [6.45, 7) is 6.34. The van der Waals surface area contributed by atoms with Gasteiger partial charge in [0.2, 0.25) is 17.7 Å². The van der Waals surface area contributed by atoms with Gasteiger partial charge in [-0.1, -0.05) is 26.0 Å². The van der Waals surface area contributed by atoms with Gasteiger partial charge in [-0.25, -0.2) is 0 Å². The Labute approximate surface area is 196 Å². The molecule has 1 aliphatic heterocycles. The summed E-state index contributed by atoms with van der Waals surface area (Å²) in [6, 6.07) is 8.61. The van der Waals surface area contributed by atoms with Gasteiger partial charge in [0.1, 0.15) is 5.92 Å². The van der Waals surface area contributed by atoms with E-state index in [2.05, 4.69) is 36.6 Å². The summed E-state index contributed by atoms with van der Waals surface area (Å²) in [5, 5.41) is 6.05. The lowest BCUT2D eigenvalue weighted by atomic mass is 9.46. The van der Waals surface area contributed by atoms with E-state index in [-0.39, 0.29) is 28.7 Å². The van der Waals surface area contributed by atoms with Crippen molar-refractivity contribution in [2.24, 2.45) is 40.2 Å². The van der Waals surface area contributed by atoms with Crippen molar-refractivity contribution < 1.29 is 14.4 Å². The molecule has 3 aliphatic carbocycles. The number of primary amides is 1. The van der Waals surface area contributed by atoms with Crippen molar-refractivity contribution in [1.29, 1.82) is 0 Å². The van der Waals surface area contributed by atoms with Crippen molar-refractivity contribution in [2.75, 3.05) is 5.32 Å². The first-order valence-corrected chi connectivity index (χ1v) is 12.6. The highest BCUT2D eigenvalue weighted by atomic mass is 16.2. The lowest BCUT2D eigenvalue weighted by Gasteiger charge is -2.60. The van der Waals surface area contributed by atoms with Crippen LogP contribution < -0.4 is 16.4 Å². The molecule has 4 N–H and O–H groups in total. The van der Waals surface area contributed by atoms with Crippen LogP contribution in [0.4, 0.5) is 5.69 Å². The summed E-state index contributed by atoms with van der Waals surface area (Å²) in [5.74, 6) is 0.955. The number of hydrogen-bond acceptors (Lipinski definition) is 3. The van der Waals surface area contributed by atoms with Gasteiger partial charge in [0.25, 0.3) is 0 Å². The van der Waals surface area contributed by atoms with Gasteiger partial charge in [0.05, 0.1) is 0 Å². The summed E-state index contributed by atoms with van der Waals surface area (Å²) in [4.78, 5) is 35.8. The molecule has 1 aromatic carbocycles. The molecule has 4 aliphatic rings. The third-order valence-corrected chi connectivity index (χ3v) is 10.1. The summed E-state index contributed by atoms with van der Waals surface area (Å²) >= 11 is 0. The number of carbonyl (C=O) groups is 3. The zero-order valence-electron chi connectivity index (χ0n) is 20.0. The number of fused-ring (bicyclic) bond motifs is 5. The van der Waals surface area contributed by atoms with E-state index in [4.69, 9.17) is 5.73 Å². The molecule has 1 aromatic rings. The molecular weight excluding hydrogens is 414 g/mol. The van der Waals surface area contributed by atoms with Crippen LogP contribution in [0.2, 0.25) is 0 Å². The van der Waals surface area contributed by atoms with E-state index in [9.17, 15) is 14.4 Å². The fourth-order valence-electron chi connectivity index (χ4n) is 8.57. The van der Waals surface area contributed by atoms with E-state index in [1.165, 1.54) is 31.7 Å². The maximum absolute atomic E-state index is 12.5. The van der Waals surface area contributed by atoms with Gasteiger partial charge in [-0.05, 0) is 97.1 Å². The second-order valence-electron chi connectivity index (χ2n) is 11.7. The highest BCUT2D eigenvalue weighted by Gasteiger charge is 2.61. The summed E-state index contributed by atoms with van der Waals surface area (Å²) in [6.07, 6.45) is 7.50. The van der Waals surface area contributed by atoms with Gasteiger partial charge in [-0.2, -0.15) is 0 Å². The fourth-order valence-corrected chi connectivity index (χ4v) is 8.57. The molecule has 0 aromatic heterocycles. The summed E-state index contributed by atoms with van der Waals surface area (Å²) in [7, 11) is 0. The van der Waals surface area contributed by atoms with Gasteiger partial charge >= 0.3 is 0 Å². The Hall–Kier alpha value is -2.37. The number of piperidine rings is 1. The van der Waals surface area contributed by atoms with E-state index in [0.717, 1.165) is 24.9 Å². The highest BCUT2D eigenvalue weighted by molar-refractivity contribution is 6.00. The van der Waals surface area contributed by atoms with Crippen molar-refractivity contribution in [1.82, 2.24) is 5.32 Å². The fraction of sp³-hybridized carbons (Fsp3) is 0.667. The van der Waals surface area contributed by atoms with Crippen molar-refractivity contribution in [3.63, 3.8) is 0 Å². The number of amides is 3. The van der Waals surface area contributed by atoms with E-state index in [1.807, 2.05) is 12.1 Å². The molecule has 0 radical (unpaired) electrons. The van der Waals surface area contributed by atoms with Crippen LogP contribution in [-0.2, 0) is 14.4 Å². The van der Waals surface area contributed by atoms with E-state index < -0.39 is 11.8 Å². The Balaban J connectivity index is 1.38. The maximum Gasteiger partial charge on any atom is 0.232 e. The lowest BCUT2D eigenvalue weighted by Crippen LogP contribution is -2.64.